The third-order valence-corrected chi connectivity index (χ3v) is 5.22. The zero-order chi connectivity index (χ0) is 23.6. The Labute approximate surface area is 195 Å². The van der Waals surface area contributed by atoms with E-state index in [9.17, 15) is 18.0 Å². The summed E-state index contributed by atoms with van der Waals surface area (Å²) in [6.07, 6.45) is -6.01. The van der Waals surface area contributed by atoms with Crippen LogP contribution >= 0.6 is 15.9 Å². The molecule has 1 aromatic heterocycles. The summed E-state index contributed by atoms with van der Waals surface area (Å²) in [7, 11) is 0. The number of oxazole rings is 1. The minimum absolute atomic E-state index is 0.00899. The first-order chi connectivity index (χ1) is 15.8. The number of hydrogen-bond donors (Lipinski definition) is 0. The van der Waals surface area contributed by atoms with Crippen LogP contribution in [0.5, 0.6) is 5.75 Å². The summed E-state index contributed by atoms with van der Waals surface area (Å²) < 4.78 is 57.3. The fraction of sp³-hybridized carbons (Fsp3) is 0.167. The Bertz CT molecular complexity index is 1270. The zero-order valence-electron chi connectivity index (χ0n) is 17.2. The van der Waals surface area contributed by atoms with Gasteiger partial charge < -0.3 is 13.9 Å². The van der Waals surface area contributed by atoms with Crippen molar-refractivity contribution in [3.05, 3.63) is 82.3 Å². The molecule has 0 aliphatic heterocycles. The Morgan fingerprint density at radius 2 is 1.88 bits per heavy atom. The first-order valence-electron chi connectivity index (χ1n) is 9.92. The van der Waals surface area contributed by atoms with Crippen molar-refractivity contribution in [2.75, 3.05) is 6.61 Å². The van der Waals surface area contributed by atoms with Gasteiger partial charge in [0.1, 0.15) is 11.3 Å². The highest BCUT2D eigenvalue weighted by Crippen LogP contribution is 2.38. The fourth-order valence-corrected chi connectivity index (χ4v) is 3.60. The van der Waals surface area contributed by atoms with Gasteiger partial charge in [0, 0.05) is 10.0 Å². The summed E-state index contributed by atoms with van der Waals surface area (Å²) in [6.45, 7) is 1.64. The second-order valence-corrected chi connectivity index (χ2v) is 7.92. The van der Waals surface area contributed by atoms with Crippen LogP contribution in [-0.4, -0.2) is 17.6 Å². The minimum atomic E-state index is -4.57. The number of alkyl halides is 3. The molecular formula is C24H17BrF3NO4. The minimum Gasteiger partial charge on any atom is -0.473 e. The molecular weight excluding hydrogens is 503 g/mol. The first kappa shape index (κ1) is 22.8. The van der Waals surface area contributed by atoms with Gasteiger partial charge in [-0.15, -0.1) is 0 Å². The van der Waals surface area contributed by atoms with E-state index in [2.05, 4.69) is 20.9 Å². The molecule has 170 valence electrons. The van der Waals surface area contributed by atoms with Crippen LogP contribution in [0.15, 0.2) is 75.6 Å². The molecule has 3 aromatic carbocycles. The molecule has 0 amide bonds. The van der Waals surface area contributed by atoms with Crippen LogP contribution in [0.4, 0.5) is 13.2 Å². The lowest BCUT2D eigenvalue weighted by atomic mass is 10.1. The van der Waals surface area contributed by atoms with Gasteiger partial charge in [-0.05, 0) is 49.4 Å². The van der Waals surface area contributed by atoms with Gasteiger partial charge in [-0.2, -0.15) is 13.2 Å². The number of nitrogens with zero attached hydrogens (tertiary/aromatic N) is 1. The number of carbonyl (C=O) groups is 1. The van der Waals surface area contributed by atoms with Gasteiger partial charge in [0.05, 0.1) is 17.7 Å². The van der Waals surface area contributed by atoms with Crippen molar-refractivity contribution in [3.8, 4) is 17.2 Å². The summed E-state index contributed by atoms with van der Waals surface area (Å²) in [5, 5.41) is 0. The normalized spacial score (nSPS) is 12.5. The Morgan fingerprint density at radius 1 is 1.09 bits per heavy atom. The molecule has 0 aliphatic rings. The third-order valence-electron chi connectivity index (χ3n) is 4.73. The Hall–Kier alpha value is -3.33. The second kappa shape index (κ2) is 9.27. The largest absolute Gasteiger partial charge is 0.473 e. The molecule has 0 fully saturated rings. The molecule has 0 radical (unpaired) electrons. The predicted molar refractivity (Wildman–Crippen MR) is 119 cm³/mol. The van der Waals surface area contributed by atoms with E-state index in [0.29, 0.717) is 21.1 Å². The maximum Gasteiger partial charge on any atom is 0.416 e. The lowest BCUT2D eigenvalue weighted by molar-refractivity contribution is -0.152. The van der Waals surface area contributed by atoms with Crippen LogP contribution in [0.2, 0.25) is 0 Å². The van der Waals surface area contributed by atoms with Crippen LogP contribution in [-0.2, 0) is 15.7 Å². The number of esters is 1. The van der Waals surface area contributed by atoms with E-state index < -0.39 is 23.8 Å². The quantitative estimate of drug-likeness (QED) is 0.257. The van der Waals surface area contributed by atoms with Crippen molar-refractivity contribution >= 4 is 33.0 Å². The molecule has 0 bridgehead atoms. The fourth-order valence-electron chi connectivity index (χ4n) is 3.23. The first-order valence-corrected chi connectivity index (χ1v) is 10.7. The van der Waals surface area contributed by atoms with Crippen LogP contribution < -0.4 is 4.74 Å². The number of hydrogen-bond acceptors (Lipinski definition) is 5. The average molecular weight is 520 g/mol. The van der Waals surface area contributed by atoms with E-state index in [1.165, 1.54) is 12.1 Å². The number of aromatic nitrogens is 1. The smallest absolute Gasteiger partial charge is 0.416 e. The molecule has 1 atom stereocenters. The molecule has 5 nitrogen and oxygen atoms in total. The topological polar surface area (TPSA) is 61.6 Å². The Morgan fingerprint density at radius 3 is 2.61 bits per heavy atom. The number of ether oxygens (including phenoxy) is 2. The van der Waals surface area contributed by atoms with Crippen molar-refractivity contribution in [2.24, 2.45) is 0 Å². The highest BCUT2D eigenvalue weighted by atomic mass is 79.9. The van der Waals surface area contributed by atoms with E-state index in [4.69, 9.17) is 13.9 Å². The van der Waals surface area contributed by atoms with Crippen molar-refractivity contribution in [2.45, 2.75) is 19.2 Å². The summed E-state index contributed by atoms with van der Waals surface area (Å²) in [5.74, 6) is -0.386. The molecule has 9 heteroatoms. The van der Waals surface area contributed by atoms with E-state index in [1.807, 2.05) is 6.07 Å². The lowest BCUT2D eigenvalue weighted by Crippen LogP contribution is -2.22. The van der Waals surface area contributed by atoms with Crippen molar-refractivity contribution < 1.29 is 31.9 Å². The number of rotatable bonds is 6. The highest BCUT2D eigenvalue weighted by Gasteiger charge is 2.33. The van der Waals surface area contributed by atoms with Gasteiger partial charge in [-0.1, -0.05) is 40.2 Å². The monoisotopic (exact) mass is 519 g/mol. The number of fused-ring (bicyclic) bond motifs is 1. The van der Waals surface area contributed by atoms with E-state index in [-0.39, 0.29) is 23.8 Å². The highest BCUT2D eigenvalue weighted by molar-refractivity contribution is 9.10. The summed E-state index contributed by atoms with van der Waals surface area (Å²) in [4.78, 5) is 17.1. The lowest BCUT2D eigenvalue weighted by Gasteiger charge is -2.20. The number of para-hydroxylation sites is 2. The van der Waals surface area contributed by atoms with Gasteiger partial charge in [-0.3, -0.25) is 0 Å². The van der Waals surface area contributed by atoms with Gasteiger partial charge in [0.15, 0.2) is 5.58 Å². The van der Waals surface area contributed by atoms with Gasteiger partial charge in [0.2, 0.25) is 12.0 Å². The molecule has 0 spiro atoms. The zero-order valence-corrected chi connectivity index (χ0v) is 18.8. The maximum absolute atomic E-state index is 13.3. The molecule has 0 N–H and O–H groups in total. The second-order valence-electron chi connectivity index (χ2n) is 7.00. The van der Waals surface area contributed by atoms with Gasteiger partial charge in [-0.25, -0.2) is 9.78 Å². The van der Waals surface area contributed by atoms with E-state index in [0.717, 1.165) is 12.1 Å². The Balaban J connectivity index is 1.78. The van der Waals surface area contributed by atoms with E-state index >= 15 is 0 Å². The summed E-state index contributed by atoms with van der Waals surface area (Å²) >= 11 is 3.39. The molecule has 0 saturated heterocycles. The van der Waals surface area contributed by atoms with Gasteiger partial charge >= 0.3 is 12.1 Å². The molecule has 0 aliphatic carbocycles. The standard InChI is InChI=1S/C24H17BrF3NO4/c1-2-31-23(30)21(14-6-5-7-15(12-14)24(26,27)28)32-19-11-10-16(25)13-17(19)22-29-18-8-3-4-9-20(18)33-22/h3-13,21H,2H2,1H3. The molecule has 33 heavy (non-hydrogen) atoms. The summed E-state index contributed by atoms with van der Waals surface area (Å²) in [5.41, 5.74) is 0.709. The predicted octanol–water partition coefficient (Wildman–Crippen LogP) is 6.96. The van der Waals surface area contributed by atoms with Crippen LogP contribution in [0.3, 0.4) is 0 Å². The third kappa shape index (κ3) is 5.03. The molecule has 4 aromatic rings. The van der Waals surface area contributed by atoms with Gasteiger partial charge in [0.25, 0.3) is 0 Å². The Kier molecular flexibility index (Phi) is 6.42. The molecule has 1 unspecified atom stereocenters. The van der Waals surface area contributed by atoms with E-state index in [1.54, 1.807) is 43.3 Å². The number of carbonyl (C=O) groups excluding carboxylic acids is 1. The van der Waals surface area contributed by atoms with Crippen molar-refractivity contribution in [1.29, 1.82) is 0 Å². The van der Waals surface area contributed by atoms with Crippen molar-refractivity contribution in [1.82, 2.24) is 4.98 Å². The van der Waals surface area contributed by atoms with Crippen LogP contribution in [0.25, 0.3) is 22.6 Å². The number of benzene rings is 3. The van der Waals surface area contributed by atoms with Crippen LogP contribution in [0.1, 0.15) is 24.2 Å². The maximum atomic E-state index is 13.3. The summed E-state index contributed by atoms with van der Waals surface area (Å²) in [6, 6.07) is 16.5. The molecule has 0 saturated carbocycles. The molecule has 4 rings (SSSR count). The van der Waals surface area contributed by atoms with Crippen LogP contribution in [0, 0.1) is 0 Å². The number of halogens is 4. The SMILES string of the molecule is CCOC(=O)C(Oc1ccc(Br)cc1-c1nc2ccccc2o1)c1cccc(C(F)(F)F)c1. The average Bonchev–Trinajstić information content (AvgIpc) is 3.22. The molecule has 1 heterocycles. The van der Waals surface area contributed by atoms with Crippen molar-refractivity contribution in [3.63, 3.8) is 0 Å².